The molecule has 24 heavy (non-hydrogen) atoms. The Morgan fingerprint density at radius 3 is 2.54 bits per heavy atom. The molecule has 0 radical (unpaired) electrons. The summed E-state index contributed by atoms with van der Waals surface area (Å²) in [5.74, 6) is 0.207. The van der Waals surface area contributed by atoms with Crippen LogP contribution in [0, 0.1) is 0 Å². The van der Waals surface area contributed by atoms with Gasteiger partial charge in [0.15, 0.2) is 11.5 Å². The number of carboxylic acids is 1. The topological polar surface area (TPSA) is 81.5 Å². The number of benzene rings is 1. The number of thiazole rings is 1. The van der Waals surface area contributed by atoms with Gasteiger partial charge in [-0.25, -0.2) is 14.8 Å². The lowest BCUT2D eigenvalue weighted by molar-refractivity contribution is 0.0690. The van der Waals surface area contributed by atoms with E-state index >= 15 is 0 Å². The highest BCUT2D eigenvalue weighted by atomic mass is 32.1. The third kappa shape index (κ3) is 3.07. The van der Waals surface area contributed by atoms with Gasteiger partial charge >= 0.3 is 5.97 Å². The molecular weight excluding hydrogens is 328 g/mol. The van der Waals surface area contributed by atoms with Crippen LogP contribution in [0.2, 0.25) is 0 Å². The van der Waals surface area contributed by atoms with E-state index in [9.17, 15) is 4.79 Å². The van der Waals surface area contributed by atoms with Crippen LogP contribution >= 0.6 is 11.3 Å². The van der Waals surface area contributed by atoms with Crippen LogP contribution in [0.25, 0.3) is 22.0 Å². The molecule has 3 rings (SSSR count). The molecule has 1 aromatic carbocycles. The molecule has 0 spiro atoms. The molecule has 0 aliphatic rings. The molecule has 0 atom stereocenters. The summed E-state index contributed by atoms with van der Waals surface area (Å²) < 4.78 is 10.5. The molecule has 2 heterocycles. The molecule has 122 valence electrons. The fraction of sp³-hybridized carbons (Fsp3) is 0.118. The highest BCUT2D eigenvalue weighted by Crippen LogP contribution is 2.34. The van der Waals surface area contributed by atoms with Gasteiger partial charge in [-0.3, -0.25) is 0 Å². The Kier molecular flexibility index (Phi) is 4.43. The zero-order valence-corrected chi connectivity index (χ0v) is 13.8. The van der Waals surface area contributed by atoms with Crippen molar-refractivity contribution < 1.29 is 19.4 Å². The van der Waals surface area contributed by atoms with Gasteiger partial charge in [0.1, 0.15) is 16.4 Å². The molecule has 0 bridgehead atoms. The van der Waals surface area contributed by atoms with Gasteiger partial charge in [-0.1, -0.05) is 6.07 Å². The molecule has 0 unspecified atom stereocenters. The van der Waals surface area contributed by atoms with E-state index in [2.05, 4.69) is 9.97 Å². The van der Waals surface area contributed by atoms with Crippen LogP contribution < -0.4 is 9.47 Å². The van der Waals surface area contributed by atoms with Gasteiger partial charge < -0.3 is 14.6 Å². The maximum atomic E-state index is 11.0. The van der Waals surface area contributed by atoms with E-state index in [0.29, 0.717) is 22.9 Å². The zero-order valence-electron chi connectivity index (χ0n) is 13.0. The van der Waals surface area contributed by atoms with E-state index in [1.165, 1.54) is 17.4 Å². The van der Waals surface area contributed by atoms with E-state index in [-0.39, 0.29) is 5.69 Å². The first kappa shape index (κ1) is 15.9. The number of nitrogens with zero attached hydrogens (tertiary/aromatic N) is 2. The first-order chi connectivity index (χ1) is 11.6. The summed E-state index contributed by atoms with van der Waals surface area (Å²) in [5, 5.41) is 11.7. The van der Waals surface area contributed by atoms with Crippen LogP contribution in [0.3, 0.4) is 0 Å². The number of aromatic nitrogens is 2. The second-order valence-electron chi connectivity index (χ2n) is 4.82. The van der Waals surface area contributed by atoms with E-state index in [1.807, 2.05) is 23.6 Å². The van der Waals surface area contributed by atoms with Crippen molar-refractivity contribution in [3.63, 3.8) is 0 Å². The third-order valence-electron chi connectivity index (χ3n) is 3.37. The average molecular weight is 342 g/mol. The molecule has 0 aliphatic carbocycles. The van der Waals surface area contributed by atoms with Crippen LogP contribution in [-0.2, 0) is 0 Å². The van der Waals surface area contributed by atoms with Crippen LogP contribution in [0.1, 0.15) is 10.5 Å². The largest absolute Gasteiger partial charge is 0.493 e. The first-order valence-corrected chi connectivity index (χ1v) is 7.89. The summed E-state index contributed by atoms with van der Waals surface area (Å²) >= 11 is 1.45. The number of hydrogen-bond donors (Lipinski definition) is 1. The summed E-state index contributed by atoms with van der Waals surface area (Å²) in [6.45, 7) is 0. The van der Waals surface area contributed by atoms with Crippen LogP contribution in [0.5, 0.6) is 11.5 Å². The van der Waals surface area contributed by atoms with Crippen molar-refractivity contribution in [2.75, 3.05) is 14.2 Å². The lowest BCUT2D eigenvalue weighted by Crippen LogP contribution is -2.00. The molecule has 2 aromatic heterocycles. The van der Waals surface area contributed by atoms with Crippen LogP contribution in [0.15, 0.2) is 41.8 Å². The highest BCUT2D eigenvalue weighted by molar-refractivity contribution is 7.13. The fourth-order valence-electron chi connectivity index (χ4n) is 2.19. The van der Waals surface area contributed by atoms with E-state index in [1.54, 1.807) is 26.4 Å². The summed E-state index contributed by atoms with van der Waals surface area (Å²) in [5.41, 5.74) is 2.04. The predicted molar refractivity (Wildman–Crippen MR) is 90.8 cm³/mol. The number of aromatic carboxylic acids is 1. The van der Waals surface area contributed by atoms with Gasteiger partial charge in [-0.15, -0.1) is 11.3 Å². The van der Waals surface area contributed by atoms with Crippen molar-refractivity contribution in [1.29, 1.82) is 0 Å². The quantitative estimate of drug-likeness (QED) is 0.763. The maximum absolute atomic E-state index is 11.0. The average Bonchev–Trinajstić information content (AvgIpc) is 3.11. The summed E-state index contributed by atoms with van der Waals surface area (Å²) in [6.07, 6.45) is 0. The van der Waals surface area contributed by atoms with Gasteiger partial charge in [-0.05, 0) is 30.3 Å². The lowest BCUT2D eigenvalue weighted by atomic mass is 10.2. The minimum Gasteiger partial charge on any atom is -0.493 e. The Labute approximate surface area is 142 Å². The third-order valence-corrected chi connectivity index (χ3v) is 4.26. The van der Waals surface area contributed by atoms with Gasteiger partial charge in [0, 0.05) is 10.9 Å². The Bertz CT molecular complexity index is 892. The minimum absolute atomic E-state index is 0.00633. The number of ether oxygens (including phenoxy) is 2. The number of carbonyl (C=O) groups is 1. The number of pyridine rings is 1. The van der Waals surface area contributed by atoms with Gasteiger partial charge in [-0.2, -0.15) is 0 Å². The van der Waals surface area contributed by atoms with Crippen molar-refractivity contribution in [3.05, 3.63) is 47.5 Å². The van der Waals surface area contributed by atoms with Crippen molar-refractivity contribution in [3.8, 4) is 33.5 Å². The van der Waals surface area contributed by atoms with Crippen LogP contribution in [0.4, 0.5) is 0 Å². The van der Waals surface area contributed by atoms with Gasteiger partial charge in [0.25, 0.3) is 0 Å². The molecule has 0 amide bonds. The second kappa shape index (κ2) is 6.67. The summed E-state index contributed by atoms with van der Waals surface area (Å²) in [7, 11) is 3.16. The lowest BCUT2D eigenvalue weighted by Gasteiger charge is -2.08. The van der Waals surface area contributed by atoms with Crippen molar-refractivity contribution in [1.82, 2.24) is 9.97 Å². The zero-order chi connectivity index (χ0) is 17.1. The first-order valence-electron chi connectivity index (χ1n) is 7.01. The molecule has 0 saturated carbocycles. The smallest absolute Gasteiger partial charge is 0.354 e. The maximum Gasteiger partial charge on any atom is 0.354 e. The van der Waals surface area contributed by atoms with Gasteiger partial charge in [0.2, 0.25) is 0 Å². The fourth-order valence-corrected chi connectivity index (χ4v) is 3.00. The normalized spacial score (nSPS) is 10.4. The Morgan fingerprint density at radius 2 is 1.83 bits per heavy atom. The molecule has 3 aromatic rings. The summed E-state index contributed by atoms with van der Waals surface area (Å²) in [6, 6.07) is 10.4. The monoisotopic (exact) mass is 342 g/mol. The minimum atomic E-state index is -1.06. The summed E-state index contributed by atoms with van der Waals surface area (Å²) in [4.78, 5) is 19.7. The Balaban J connectivity index is 1.96. The van der Waals surface area contributed by atoms with Crippen molar-refractivity contribution >= 4 is 17.3 Å². The highest BCUT2D eigenvalue weighted by Gasteiger charge is 2.12. The van der Waals surface area contributed by atoms with Crippen LogP contribution in [-0.4, -0.2) is 35.3 Å². The number of carboxylic acid groups (broad SMARTS) is 1. The number of methoxy groups -OCH3 is 2. The van der Waals surface area contributed by atoms with E-state index in [4.69, 9.17) is 14.6 Å². The molecule has 0 saturated heterocycles. The van der Waals surface area contributed by atoms with Crippen molar-refractivity contribution in [2.24, 2.45) is 0 Å². The van der Waals surface area contributed by atoms with Gasteiger partial charge in [0.05, 0.1) is 19.9 Å². The molecule has 7 heteroatoms. The predicted octanol–water partition coefficient (Wildman–Crippen LogP) is 3.59. The second-order valence-corrected chi connectivity index (χ2v) is 5.68. The molecule has 0 fully saturated rings. The van der Waals surface area contributed by atoms with Crippen molar-refractivity contribution in [2.45, 2.75) is 0 Å². The Hall–Kier alpha value is -2.93. The molecule has 6 nitrogen and oxygen atoms in total. The molecule has 1 N–H and O–H groups in total. The standard InChI is InChI=1S/C17H14N2O4S/c1-22-14-7-6-10(8-15(14)23-2)16-19-13(9-24-16)11-4-3-5-12(18-11)17(20)21/h3-9H,1-2H3,(H,20,21). The SMILES string of the molecule is COc1ccc(-c2nc(-c3cccc(C(=O)O)n3)cs2)cc1OC. The Morgan fingerprint density at radius 1 is 1.04 bits per heavy atom. The number of rotatable bonds is 5. The molecule has 0 aliphatic heterocycles. The van der Waals surface area contributed by atoms with E-state index < -0.39 is 5.97 Å². The molecular formula is C17H14N2O4S. The number of hydrogen-bond acceptors (Lipinski definition) is 6. The van der Waals surface area contributed by atoms with E-state index in [0.717, 1.165) is 10.6 Å².